The van der Waals surface area contributed by atoms with Crippen molar-refractivity contribution >= 4 is 51.9 Å². The molecule has 3 N–H and O–H groups in total. The molecule has 0 spiro atoms. The second-order valence-electron chi connectivity index (χ2n) is 5.71. The molecule has 1 aliphatic heterocycles. The Labute approximate surface area is 158 Å². The van der Waals surface area contributed by atoms with Crippen LogP contribution in [0.15, 0.2) is 53.3 Å². The van der Waals surface area contributed by atoms with E-state index in [1.54, 1.807) is 18.2 Å². The second kappa shape index (κ2) is 6.48. The molecule has 0 saturated carbocycles. The predicted octanol–water partition coefficient (Wildman–Crippen LogP) is 4.47. The largest absolute Gasteiger partial charge is 0.509 e. The number of hydrazone groups is 1. The zero-order chi connectivity index (χ0) is 18.3. The molecule has 8 heteroatoms. The van der Waals surface area contributed by atoms with Crippen LogP contribution in [0.5, 0.6) is 0 Å². The highest BCUT2D eigenvalue weighted by Gasteiger charge is 2.30. The highest BCUT2D eigenvalue weighted by Crippen LogP contribution is 2.28. The first-order chi connectivity index (χ1) is 12.5. The molecule has 0 bridgehead atoms. The van der Waals surface area contributed by atoms with Gasteiger partial charge in [0.1, 0.15) is 23.7 Å². The summed E-state index contributed by atoms with van der Waals surface area (Å²) in [4.78, 5) is 7.56. The van der Waals surface area contributed by atoms with E-state index >= 15 is 0 Å². The van der Waals surface area contributed by atoms with Gasteiger partial charge in [-0.25, -0.2) is 9.99 Å². The molecular weight excluding hydrogens is 373 g/mol. The Hall–Kier alpha value is -2.83. The van der Waals surface area contributed by atoms with Crippen LogP contribution < -0.4 is 0 Å². The number of H-pyrrole nitrogens is 1. The number of amidine groups is 1. The third kappa shape index (κ3) is 2.83. The highest BCUT2D eigenvalue weighted by molar-refractivity contribution is 6.38. The van der Waals surface area contributed by atoms with Crippen molar-refractivity contribution in [1.29, 1.82) is 5.41 Å². The molecule has 0 aliphatic carbocycles. The third-order valence-corrected chi connectivity index (χ3v) is 4.69. The normalized spacial score (nSPS) is 15.0. The molecule has 0 fully saturated rings. The van der Waals surface area contributed by atoms with E-state index < -0.39 is 0 Å². The molecule has 1 aliphatic rings. The van der Waals surface area contributed by atoms with Crippen LogP contribution in [0.25, 0.3) is 16.6 Å². The van der Waals surface area contributed by atoms with Crippen molar-refractivity contribution in [3.05, 3.63) is 69.7 Å². The molecule has 0 atom stereocenters. The number of imidazole rings is 1. The zero-order valence-corrected chi connectivity index (χ0v) is 14.9. The van der Waals surface area contributed by atoms with Gasteiger partial charge in [0.15, 0.2) is 5.84 Å². The predicted molar refractivity (Wildman–Crippen MR) is 104 cm³/mol. The fourth-order valence-corrected chi connectivity index (χ4v) is 3.24. The monoisotopic (exact) mass is 385 g/mol. The summed E-state index contributed by atoms with van der Waals surface area (Å²) in [5, 5.41) is 25.2. The first-order valence-corrected chi connectivity index (χ1v) is 8.52. The van der Waals surface area contributed by atoms with Crippen molar-refractivity contribution in [3.8, 4) is 0 Å². The lowest BCUT2D eigenvalue weighted by atomic mass is 10.2. The van der Waals surface area contributed by atoms with Crippen molar-refractivity contribution in [3.63, 3.8) is 0 Å². The maximum atomic E-state index is 10.3. The Morgan fingerprint density at radius 3 is 2.62 bits per heavy atom. The molecule has 2 heterocycles. The Morgan fingerprint density at radius 2 is 1.88 bits per heavy atom. The summed E-state index contributed by atoms with van der Waals surface area (Å²) in [6.07, 6.45) is 1.48. The van der Waals surface area contributed by atoms with Crippen molar-refractivity contribution in [2.24, 2.45) is 5.10 Å². The maximum absolute atomic E-state index is 10.3. The van der Waals surface area contributed by atoms with E-state index in [9.17, 15) is 5.11 Å². The fraction of sp³-hybridized carbons (Fsp3) is 0.0556. The van der Waals surface area contributed by atoms with Gasteiger partial charge in [-0.05, 0) is 24.3 Å². The fourth-order valence-electron chi connectivity index (χ4n) is 2.75. The standard InChI is InChI=1S/C18H13Cl2N5O/c19-11-4-3-5-12(20)10(11)8-22-25-9-15(26)16(17(25)21)18-23-13-6-1-2-7-14(13)24-18/h1-8,21,26H,9H2,(H,23,24). The number of aliphatic hydroxyl groups excluding tert-OH is 1. The summed E-state index contributed by atoms with van der Waals surface area (Å²) in [5.74, 6) is 0.500. The number of para-hydroxylation sites is 2. The van der Waals surface area contributed by atoms with E-state index in [1.165, 1.54) is 11.2 Å². The van der Waals surface area contributed by atoms with Gasteiger partial charge >= 0.3 is 0 Å². The highest BCUT2D eigenvalue weighted by atomic mass is 35.5. The van der Waals surface area contributed by atoms with Gasteiger partial charge in [-0.2, -0.15) is 5.10 Å². The average molecular weight is 386 g/mol. The van der Waals surface area contributed by atoms with Gasteiger partial charge in [-0.1, -0.05) is 41.4 Å². The SMILES string of the molecule is N=C1C(c2nc3ccccc3[nH]2)=C(O)CN1N=Cc1c(Cl)cccc1Cl. The molecule has 3 aromatic rings. The van der Waals surface area contributed by atoms with Gasteiger partial charge in [-0.3, -0.25) is 5.41 Å². The summed E-state index contributed by atoms with van der Waals surface area (Å²) < 4.78 is 0. The lowest BCUT2D eigenvalue weighted by Crippen LogP contribution is -2.21. The summed E-state index contributed by atoms with van der Waals surface area (Å²) in [7, 11) is 0. The number of benzene rings is 2. The van der Waals surface area contributed by atoms with Gasteiger partial charge in [0.2, 0.25) is 0 Å². The van der Waals surface area contributed by atoms with Crippen LogP contribution in [-0.4, -0.2) is 38.7 Å². The minimum absolute atomic E-state index is 0.0245. The van der Waals surface area contributed by atoms with E-state index in [4.69, 9.17) is 28.6 Å². The molecule has 2 aromatic carbocycles. The van der Waals surface area contributed by atoms with E-state index in [0.29, 0.717) is 27.0 Å². The van der Waals surface area contributed by atoms with Crippen molar-refractivity contribution in [2.45, 2.75) is 0 Å². The number of aliphatic hydroxyl groups is 1. The van der Waals surface area contributed by atoms with Crippen LogP contribution in [0.2, 0.25) is 10.0 Å². The van der Waals surface area contributed by atoms with Crippen LogP contribution in [-0.2, 0) is 0 Å². The van der Waals surface area contributed by atoms with Gasteiger partial charge in [0.25, 0.3) is 0 Å². The van der Waals surface area contributed by atoms with Gasteiger partial charge in [0, 0.05) is 5.56 Å². The number of hydrogen-bond donors (Lipinski definition) is 3. The van der Waals surface area contributed by atoms with Crippen LogP contribution in [0.4, 0.5) is 0 Å². The summed E-state index contributed by atoms with van der Waals surface area (Å²) in [5.41, 5.74) is 2.48. The summed E-state index contributed by atoms with van der Waals surface area (Å²) >= 11 is 12.3. The number of nitrogens with one attached hydrogen (secondary N) is 2. The van der Waals surface area contributed by atoms with E-state index in [1.807, 2.05) is 24.3 Å². The Morgan fingerprint density at radius 1 is 1.15 bits per heavy atom. The van der Waals surface area contributed by atoms with Crippen LogP contribution in [0.1, 0.15) is 11.4 Å². The van der Waals surface area contributed by atoms with Gasteiger partial charge in [0.05, 0.1) is 27.3 Å². The lowest BCUT2D eigenvalue weighted by molar-refractivity contribution is 0.358. The Balaban J connectivity index is 1.63. The van der Waals surface area contributed by atoms with Crippen molar-refractivity contribution in [2.75, 3.05) is 6.54 Å². The van der Waals surface area contributed by atoms with Gasteiger partial charge in [-0.15, -0.1) is 0 Å². The number of nitrogens with zero attached hydrogens (tertiary/aromatic N) is 3. The van der Waals surface area contributed by atoms with E-state index in [0.717, 1.165) is 11.0 Å². The topological polar surface area (TPSA) is 88.4 Å². The number of aromatic amines is 1. The van der Waals surface area contributed by atoms with E-state index in [2.05, 4.69) is 15.1 Å². The lowest BCUT2D eigenvalue weighted by Gasteiger charge is -2.11. The number of fused-ring (bicyclic) bond motifs is 1. The molecule has 130 valence electrons. The third-order valence-electron chi connectivity index (χ3n) is 4.04. The smallest absolute Gasteiger partial charge is 0.156 e. The molecule has 1 aromatic heterocycles. The maximum Gasteiger partial charge on any atom is 0.156 e. The molecule has 0 amide bonds. The quantitative estimate of drug-likeness (QED) is 0.581. The molecule has 6 nitrogen and oxygen atoms in total. The Kier molecular flexibility index (Phi) is 4.14. The number of aromatic nitrogens is 2. The minimum Gasteiger partial charge on any atom is -0.509 e. The average Bonchev–Trinajstić information content (AvgIpc) is 3.14. The van der Waals surface area contributed by atoms with E-state index in [-0.39, 0.29) is 18.1 Å². The van der Waals surface area contributed by atoms with Crippen molar-refractivity contribution in [1.82, 2.24) is 15.0 Å². The van der Waals surface area contributed by atoms with Crippen LogP contribution >= 0.6 is 23.2 Å². The molecule has 0 radical (unpaired) electrons. The summed E-state index contributed by atoms with van der Waals surface area (Å²) in [6.45, 7) is 0.0732. The number of rotatable bonds is 3. The molecule has 4 rings (SSSR count). The number of halogens is 2. The van der Waals surface area contributed by atoms with Gasteiger partial charge < -0.3 is 10.1 Å². The van der Waals surface area contributed by atoms with Crippen molar-refractivity contribution < 1.29 is 5.11 Å². The first-order valence-electron chi connectivity index (χ1n) is 7.76. The molecule has 26 heavy (non-hydrogen) atoms. The molecule has 0 saturated heterocycles. The zero-order valence-electron chi connectivity index (χ0n) is 13.4. The second-order valence-corrected chi connectivity index (χ2v) is 6.52. The van der Waals surface area contributed by atoms with Crippen LogP contribution in [0.3, 0.4) is 0 Å². The number of hydrogen-bond acceptors (Lipinski definition) is 4. The van der Waals surface area contributed by atoms with Crippen LogP contribution in [0, 0.1) is 5.41 Å². The Bertz CT molecular complexity index is 1030. The summed E-state index contributed by atoms with van der Waals surface area (Å²) in [6, 6.07) is 12.7. The minimum atomic E-state index is 0.0245. The molecule has 0 unspecified atom stereocenters. The first kappa shape index (κ1) is 16.6. The molecular formula is C18H13Cl2N5O.